The molecular weight excluding hydrogens is 226 g/mol. The number of nitrogens with one attached hydrogen (secondary N) is 1. The minimum absolute atomic E-state index is 0.0137. The van der Waals surface area contributed by atoms with Gasteiger partial charge in [-0.25, -0.2) is 0 Å². The number of carbonyl (C=O) groups is 2. The third kappa shape index (κ3) is 2.45. The minimum atomic E-state index is -0.340. The van der Waals surface area contributed by atoms with Crippen molar-refractivity contribution < 1.29 is 9.59 Å². The molecular formula is C15H19NO2. The maximum atomic E-state index is 12.3. The Bertz CT molecular complexity index is 482. The van der Waals surface area contributed by atoms with Crippen LogP contribution in [-0.4, -0.2) is 17.7 Å². The highest BCUT2D eigenvalue weighted by atomic mass is 16.2. The Balaban J connectivity index is 2.26. The van der Waals surface area contributed by atoms with E-state index in [0.29, 0.717) is 12.0 Å². The summed E-state index contributed by atoms with van der Waals surface area (Å²) in [5, 5.41) is 2.78. The van der Waals surface area contributed by atoms with Crippen LogP contribution in [0.5, 0.6) is 0 Å². The highest BCUT2D eigenvalue weighted by Crippen LogP contribution is 2.19. The Morgan fingerprint density at radius 2 is 1.83 bits per heavy atom. The summed E-state index contributed by atoms with van der Waals surface area (Å²) >= 11 is 0. The average Bonchev–Trinajstić information content (AvgIpc) is 2.34. The number of aryl methyl sites for hydroxylation is 2. The van der Waals surface area contributed by atoms with Crippen LogP contribution in [0.2, 0.25) is 0 Å². The molecule has 18 heavy (non-hydrogen) atoms. The molecule has 96 valence electrons. The first-order valence-electron chi connectivity index (χ1n) is 6.40. The van der Waals surface area contributed by atoms with Gasteiger partial charge in [0.2, 0.25) is 5.91 Å². The Morgan fingerprint density at radius 1 is 1.22 bits per heavy atom. The smallest absolute Gasteiger partial charge is 0.220 e. The largest absolute Gasteiger partial charge is 0.346 e. The summed E-state index contributed by atoms with van der Waals surface area (Å²) in [6, 6.07) is 3.50. The van der Waals surface area contributed by atoms with Crippen molar-refractivity contribution in [3.05, 3.63) is 34.4 Å². The van der Waals surface area contributed by atoms with Crippen molar-refractivity contribution in [2.45, 2.75) is 46.1 Å². The van der Waals surface area contributed by atoms with Crippen LogP contribution in [0.4, 0.5) is 0 Å². The summed E-state index contributed by atoms with van der Waals surface area (Å²) in [6.45, 7) is 6.08. The number of rotatable bonds is 2. The van der Waals surface area contributed by atoms with Crippen molar-refractivity contribution in [3.63, 3.8) is 0 Å². The number of carbonyl (C=O) groups excluding carboxylic acids is 2. The van der Waals surface area contributed by atoms with E-state index < -0.39 is 0 Å². The van der Waals surface area contributed by atoms with Crippen LogP contribution in [0.3, 0.4) is 0 Å². The SMILES string of the molecule is Cc1cc(C(=O)C2CCCC(=O)N2)cc(C)c1C. The lowest BCUT2D eigenvalue weighted by Crippen LogP contribution is -2.44. The van der Waals surface area contributed by atoms with Gasteiger partial charge in [-0.3, -0.25) is 9.59 Å². The molecule has 0 radical (unpaired) electrons. The van der Waals surface area contributed by atoms with Crippen LogP contribution >= 0.6 is 0 Å². The third-order valence-electron chi connectivity index (χ3n) is 3.76. The zero-order valence-electron chi connectivity index (χ0n) is 11.2. The van der Waals surface area contributed by atoms with E-state index in [1.807, 2.05) is 26.0 Å². The first-order valence-corrected chi connectivity index (χ1v) is 6.40. The Labute approximate surface area is 108 Å². The maximum absolute atomic E-state index is 12.3. The number of hydrogen-bond donors (Lipinski definition) is 1. The van der Waals surface area contributed by atoms with Crippen LogP contribution in [0.15, 0.2) is 12.1 Å². The van der Waals surface area contributed by atoms with E-state index >= 15 is 0 Å². The van der Waals surface area contributed by atoms with Crippen molar-refractivity contribution in [1.29, 1.82) is 0 Å². The quantitative estimate of drug-likeness (QED) is 0.813. The third-order valence-corrected chi connectivity index (χ3v) is 3.76. The van der Waals surface area contributed by atoms with Gasteiger partial charge in [-0.15, -0.1) is 0 Å². The minimum Gasteiger partial charge on any atom is -0.346 e. The average molecular weight is 245 g/mol. The Kier molecular flexibility index (Phi) is 3.50. The fourth-order valence-corrected chi connectivity index (χ4v) is 2.38. The van der Waals surface area contributed by atoms with E-state index in [1.165, 1.54) is 5.56 Å². The standard InChI is InChI=1S/C15H19NO2/c1-9-7-12(8-10(2)11(9)3)15(18)13-5-4-6-14(17)16-13/h7-8,13H,4-6H2,1-3H3,(H,16,17). The number of benzene rings is 1. The van der Waals surface area contributed by atoms with E-state index in [1.54, 1.807) is 0 Å². The maximum Gasteiger partial charge on any atom is 0.220 e. The first kappa shape index (κ1) is 12.8. The molecule has 1 aliphatic rings. The van der Waals surface area contributed by atoms with Crippen molar-refractivity contribution in [3.8, 4) is 0 Å². The molecule has 0 bridgehead atoms. The summed E-state index contributed by atoms with van der Waals surface area (Å²) < 4.78 is 0. The van der Waals surface area contributed by atoms with Crippen LogP contribution in [0.25, 0.3) is 0 Å². The highest BCUT2D eigenvalue weighted by molar-refractivity contribution is 6.02. The lowest BCUT2D eigenvalue weighted by molar-refractivity contribution is -0.122. The van der Waals surface area contributed by atoms with Crippen LogP contribution in [-0.2, 0) is 4.79 Å². The van der Waals surface area contributed by atoms with Crippen LogP contribution < -0.4 is 5.32 Å². The van der Waals surface area contributed by atoms with Gasteiger partial charge in [0.15, 0.2) is 5.78 Å². The van der Waals surface area contributed by atoms with Crippen LogP contribution in [0.1, 0.15) is 46.3 Å². The van der Waals surface area contributed by atoms with Gasteiger partial charge in [-0.05, 0) is 62.4 Å². The summed E-state index contributed by atoms with van der Waals surface area (Å²) in [4.78, 5) is 23.7. The molecule has 1 atom stereocenters. The fraction of sp³-hybridized carbons (Fsp3) is 0.467. The normalized spacial score (nSPS) is 19.5. The molecule has 1 amide bonds. The highest BCUT2D eigenvalue weighted by Gasteiger charge is 2.25. The van der Waals surface area contributed by atoms with E-state index in [0.717, 1.165) is 24.0 Å². The van der Waals surface area contributed by atoms with Gasteiger partial charge in [0.1, 0.15) is 0 Å². The number of ketones is 1. The van der Waals surface area contributed by atoms with E-state index in [4.69, 9.17) is 0 Å². The van der Waals surface area contributed by atoms with Crippen molar-refractivity contribution in [1.82, 2.24) is 5.32 Å². The van der Waals surface area contributed by atoms with Crippen LogP contribution in [0, 0.1) is 20.8 Å². The van der Waals surface area contributed by atoms with Gasteiger partial charge in [-0.2, -0.15) is 0 Å². The van der Waals surface area contributed by atoms with Crippen molar-refractivity contribution >= 4 is 11.7 Å². The molecule has 0 aromatic heterocycles. The Morgan fingerprint density at radius 3 is 2.39 bits per heavy atom. The van der Waals surface area contributed by atoms with E-state index in [9.17, 15) is 9.59 Å². The van der Waals surface area contributed by atoms with Gasteiger partial charge in [0.05, 0.1) is 6.04 Å². The molecule has 0 spiro atoms. The van der Waals surface area contributed by atoms with Crippen molar-refractivity contribution in [2.24, 2.45) is 0 Å². The second-order valence-corrected chi connectivity index (χ2v) is 5.11. The van der Waals surface area contributed by atoms with E-state index in [2.05, 4.69) is 12.2 Å². The molecule has 1 saturated heterocycles. The molecule has 3 nitrogen and oxygen atoms in total. The van der Waals surface area contributed by atoms with Gasteiger partial charge in [-0.1, -0.05) is 0 Å². The Hall–Kier alpha value is -1.64. The van der Waals surface area contributed by atoms with Crippen molar-refractivity contribution in [2.75, 3.05) is 0 Å². The molecule has 1 aliphatic heterocycles. The molecule has 1 unspecified atom stereocenters. The number of Topliss-reactive ketones (excluding diaryl/α,β-unsaturated/α-hetero) is 1. The molecule has 1 N–H and O–H groups in total. The first-order chi connectivity index (χ1) is 8.49. The second kappa shape index (κ2) is 4.92. The molecule has 0 aliphatic carbocycles. The fourth-order valence-electron chi connectivity index (χ4n) is 2.38. The number of hydrogen-bond acceptors (Lipinski definition) is 2. The summed E-state index contributed by atoms with van der Waals surface area (Å²) in [7, 11) is 0. The van der Waals surface area contributed by atoms with E-state index in [-0.39, 0.29) is 17.7 Å². The summed E-state index contributed by atoms with van der Waals surface area (Å²) in [6.07, 6.45) is 2.08. The lowest BCUT2D eigenvalue weighted by atomic mass is 9.92. The van der Waals surface area contributed by atoms with Gasteiger partial charge < -0.3 is 5.32 Å². The summed E-state index contributed by atoms with van der Waals surface area (Å²) in [5.41, 5.74) is 4.18. The number of amides is 1. The molecule has 2 rings (SSSR count). The lowest BCUT2D eigenvalue weighted by Gasteiger charge is -2.22. The topological polar surface area (TPSA) is 46.2 Å². The molecule has 3 heteroatoms. The molecule has 1 aromatic rings. The van der Waals surface area contributed by atoms with Gasteiger partial charge >= 0.3 is 0 Å². The predicted molar refractivity (Wildman–Crippen MR) is 70.8 cm³/mol. The second-order valence-electron chi connectivity index (χ2n) is 5.11. The molecule has 1 heterocycles. The monoisotopic (exact) mass is 245 g/mol. The molecule has 1 fully saturated rings. The van der Waals surface area contributed by atoms with Gasteiger partial charge in [0, 0.05) is 12.0 Å². The summed E-state index contributed by atoms with van der Waals surface area (Å²) in [5.74, 6) is 0.0226. The zero-order valence-corrected chi connectivity index (χ0v) is 11.2. The molecule has 1 aromatic carbocycles. The predicted octanol–water partition coefficient (Wildman–Crippen LogP) is 2.46. The number of piperidine rings is 1. The van der Waals surface area contributed by atoms with Gasteiger partial charge in [0.25, 0.3) is 0 Å². The molecule has 0 saturated carbocycles. The zero-order chi connectivity index (χ0) is 13.3.